The maximum absolute atomic E-state index is 13.2. The third-order valence-electron chi connectivity index (χ3n) is 5.36. The number of carbonyl (C=O) groups is 2. The van der Waals surface area contributed by atoms with Crippen LogP contribution in [0.25, 0.3) is 5.76 Å². The number of anilines is 1. The molecule has 1 aliphatic heterocycles. The van der Waals surface area contributed by atoms with Crippen molar-refractivity contribution in [3.63, 3.8) is 0 Å². The Morgan fingerprint density at radius 2 is 1.75 bits per heavy atom. The Bertz CT molecular complexity index is 1210. The van der Waals surface area contributed by atoms with Crippen molar-refractivity contribution < 1.29 is 24.2 Å². The number of methoxy groups -OCH3 is 2. The van der Waals surface area contributed by atoms with Crippen molar-refractivity contribution in [1.82, 2.24) is 0 Å². The molecule has 2 heterocycles. The van der Waals surface area contributed by atoms with Gasteiger partial charge in [-0.25, -0.2) is 0 Å². The van der Waals surface area contributed by atoms with Crippen molar-refractivity contribution in [3.05, 3.63) is 80.5 Å². The molecule has 2 aromatic carbocycles. The van der Waals surface area contributed by atoms with Crippen LogP contribution >= 0.6 is 22.9 Å². The van der Waals surface area contributed by atoms with Gasteiger partial charge in [0.1, 0.15) is 28.9 Å². The van der Waals surface area contributed by atoms with Crippen molar-refractivity contribution in [3.8, 4) is 11.5 Å². The lowest BCUT2D eigenvalue weighted by atomic mass is 9.98. The largest absolute Gasteiger partial charge is 0.506 e. The zero-order valence-electron chi connectivity index (χ0n) is 17.6. The molecule has 1 fully saturated rings. The van der Waals surface area contributed by atoms with E-state index in [1.54, 1.807) is 36.4 Å². The predicted octanol–water partition coefficient (Wildman–Crippen LogP) is 5.35. The number of hydrogen-bond acceptors (Lipinski definition) is 6. The second kappa shape index (κ2) is 8.68. The second-order valence-corrected chi connectivity index (χ2v) is 8.54. The van der Waals surface area contributed by atoms with Gasteiger partial charge < -0.3 is 14.6 Å². The van der Waals surface area contributed by atoms with Crippen LogP contribution in [0.3, 0.4) is 0 Å². The summed E-state index contributed by atoms with van der Waals surface area (Å²) in [4.78, 5) is 28.5. The molecule has 1 N–H and O–H groups in total. The van der Waals surface area contributed by atoms with Crippen molar-refractivity contribution in [2.45, 2.75) is 13.0 Å². The summed E-state index contributed by atoms with van der Waals surface area (Å²) in [6, 6.07) is 13.0. The Labute approximate surface area is 194 Å². The summed E-state index contributed by atoms with van der Waals surface area (Å²) in [5.74, 6) is -1.28. The summed E-state index contributed by atoms with van der Waals surface area (Å²) in [5.41, 5.74) is 1.47. The van der Waals surface area contributed by atoms with E-state index in [4.69, 9.17) is 21.1 Å². The van der Waals surface area contributed by atoms with Crippen molar-refractivity contribution >= 4 is 46.1 Å². The van der Waals surface area contributed by atoms with Gasteiger partial charge in [0.15, 0.2) is 0 Å². The molecule has 0 bridgehead atoms. The topological polar surface area (TPSA) is 76.1 Å². The van der Waals surface area contributed by atoms with Gasteiger partial charge >= 0.3 is 0 Å². The van der Waals surface area contributed by atoms with Gasteiger partial charge in [-0.15, -0.1) is 11.3 Å². The van der Waals surface area contributed by atoms with Crippen molar-refractivity contribution in [2.24, 2.45) is 0 Å². The molecule has 6 nitrogen and oxygen atoms in total. The van der Waals surface area contributed by atoms with E-state index in [0.29, 0.717) is 22.2 Å². The van der Waals surface area contributed by atoms with Crippen LogP contribution < -0.4 is 14.4 Å². The summed E-state index contributed by atoms with van der Waals surface area (Å²) in [6.07, 6.45) is 0. The number of thiophene rings is 1. The van der Waals surface area contributed by atoms with Gasteiger partial charge in [-0.2, -0.15) is 0 Å². The van der Waals surface area contributed by atoms with Gasteiger partial charge in [0, 0.05) is 15.6 Å². The fraction of sp³-hybridized carbons (Fsp3) is 0.167. The molecule has 1 atom stereocenters. The maximum Gasteiger partial charge on any atom is 0.300 e. The first-order chi connectivity index (χ1) is 15.4. The van der Waals surface area contributed by atoms with Crippen LogP contribution in [0.1, 0.15) is 22.0 Å². The fourth-order valence-corrected chi connectivity index (χ4v) is 4.76. The molecule has 0 aliphatic carbocycles. The third kappa shape index (κ3) is 3.53. The predicted molar refractivity (Wildman–Crippen MR) is 125 cm³/mol. The number of halogens is 1. The summed E-state index contributed by atoms with van der Waals surface area (Å²) in [6.45, 7) is 1.85. The number of ketones is 1. The summed E-state index contributed by atoms with van der Waals surface area (Å²) in [5, 5.41) is 13.7. The van der Waals surface area contributed by atoms with Gasteiger partial charge in [0.25, 0.3) is 11.7 Å². The second-order valence-electron chi connectivity index (χ2n) is 7.16. The minimum absolute atomic E-state index is 0.0445. The Morgan fingerprint density at radius 1 is 1.06 bits per heavy atom. The number of nitrogens with zero attached hydrogens (tertiary/aromatic N) is 1. The minimum Gasteiger partial charge on any atom is -0.506 e. The smallest absolute Gasteiger partial charge is 0.300 e. The zero-order chi connectivity index (χ0) is 23.0. The SMILES string of the molecule is COc1cccc(OC)c1/C(O)=C1\C(=O)C(=O)N(c2ccc(C)c(Cl)c2)C1c1cccs1. The Kier molecular flexibility index (Phi) is 5.95. The Balaban J connectivity index is 1.99. The first kappa shape index (κ1) is 21.9. The maximum atomic E-state index is 13.2. The molecule has 1 unspecified atom stereocenters. The molecule has 0 spiro atoms. The molecule has 4 rings (SSSR count). The average molecular weight is 470 g/mol. The van der Waals surface area contributed by atoms with E-state index in [0.717, 1.165) is 10.4 Å². The number of carbonyl (C=O) groups excluding carboxylic acids is 2. The highest BCUT2D eigenvalue weighted by molar-refractivity contribution is 7.10. The van der Waals surface area contributed by atoms with Crippen LogP contribution in [0.15, 0.2) is 59.5 Å². The van der Waals surface area contributed by atoms with Crippen LogP contribution in [-0.2, 0) is 9.59 Å². The molecule has 1 saturated heterocycles. The van der Waals surface area contributed by atoms with Crippen LogP contribution in [-0.4, -0.2) is 31.0 Å². The van der Waals surface area contributed by atoms with Gasteiger partial charge in [0.2, 0.25) is 0 Å². The summed E-state index contributed by atoms with van der Waals surface area (Å²) < 4.78 is 10.8. The number of aliphatic hydroxyl groups excluding tert-OH is 1. The van der Waals surface area contributed by atoms with E-state index in [9.17, 15) is 14.7 Å². The monoisotopic (exact) mass is 469 g/mol. The van der Waals surface area contributed by atoms with Gasteiger partial charge in [0.05, 0.1) is 19.8 Å². The number of hydrogen-bond donors (Lipinski definition) is 1. The number of amides is 1. The van der Waals surface area contributed by atoms with Crippen molar-refractivity contribution in [1.29, 1.82) is 0 Å². The van der Waals surface area contributed by atoms with E-state index < -0.39 is 17.7 Å². The average Bonchev–Trinajstić information content (AvgIpc) is 3.41. The first-order valence-electron chi connectivity index (χ1n) is 9.71. The standard InChI is InChI=1S/C24H20ClNO5S/c1-13-9-10-14(12-15(13)25)26-21(18-8-5-11-32-18)20(23(28)24(26)29)22(27)19-16(30-2)6-4-7-17(19)31-3/h4-12,21,27H,1-3H3/b22-20+. The summed E-state index contributed by atoms with van der Waals surface area (Å²) in [7, 11) is 2.91. The normalized spacial score (nSPS) is 17.6. The van der Waals surface area contributed by atoms with E-state index in [1.807, 2.05) is 24.4 Å². The lowest BCUT2D eigenvalue weighted by molar-refractivity contribution is -0.132. The Hall–Kier alpha value is -3.29. The number of rotatable bonds is 5. The van der Waals surface area contributed by atoms with Crippen molar-refractivity contribution in [2.75, 3.05) is 19.1 Å². The van der Waals surface area contributed by atoms with Gasteiger partial charge in [-0.05, 0) is 48.2 Å². The number of aliphatic hydroxyl groups is 1. The molecule has 8 heteroatoms. The van der Waals surface area contributed by atoms with Crippen LogP contribution in [0.2, 0.25) is 5.02 Å². The third-order valence-corrected chi connectivity index (χ3v) is 6.69. The lowest BCUT2D eigenvalue weighted by Gasteiger charge is -2.25. The van der Waals surface area contributed by atoms with Crippen LogP contribution in [0.5, 0.6) is 11.5 Å². The quantitative estimate of drug-likeness (QED) is 0.309. The Morgan fingerprint density at radius 3 is 2.31 bits per heavy atom. The molecule has 1 amide bonds. The molecule has 32 heavy (non-hydrogen) atoms. The van der Waals surface area contributed by atoms with E-state index in [-0.39, 0.29) is 16.9 Å². The molecule has 164 valence electrons. The molecular weight excluding hydrogens is 450 g/mol. The summed E-state index contributed by atoms with van der Waals surface area (Å²) >= 11 is 7.69. The lowest BCUT2D eigenvalue weighted by Crippen LogP contribution is -2.29. The zero-order valence-corrected chi connectivity index (χ0v) is 19.2. The van der Waals surface area contributed by atoms with Gasteiger partial charge in [-0.3, -0.25) is 14.5 Å². The van der Waals surface area contributed by atoms with E-state index in [2.05, 4.69) is 0 Å². The molecule has 1 aromatic heterocycles. The van der Waals surface area contributed by atoms with Gasteiger partial charge in [-0.1, -0.05) is 29.8 Å². The molecule has 0 radical (unpaired) electrons. The molecule has 0 saturated carbocycles. The number of Topliss-reactive ketones (excluding diaryl/α,β-unsaturated/α-hetero) is 1. The number of ether oxygens (including phenoxy) is 2. The van der Waals surface area contributed by atoms with Crippen LogP contribution in [0.4, 0.5) is 5.69 Å². The van der Waals surface area contributed by atoms with Crippen LogP contribution in [0, 0.1) is 6.92 Å². The highest BCUT2D eigenvalue weighted by Gasteiger charge is 2.48. The highest BCUT2D eigenvalue weighted by Crippen LogP contribution is 2.46. The number of aryl methyl sites for hydroxylation is 1. The molecule has 3 aromatic rings. The molecular formula is C24H20ClNO5S. The van der Waals surface area contributed by atoms with E-state index >= 15 is 0 Å². The fourth-order valence-electron chi connectivity index (χ4n) is 3.77. The molecule has 1 aliphatic rings. The highest BCUT2D eigenvalue weighted by atomic mass is 35.5. The minimum atomic E-state index is -0.830. The first-order valence-corrected chi connectivity index (χ1v) is 11.0. The number of benzene rings is 2. The van der Waals surface area contributed by atoms with E-state index in [1.165, 1.54) is 30.5 Å².